The molecule has 0 bridgehead atoms. The van der Waals surface area contributed by atoms with Crippen LogP contribution >= 0.6 is 23.2 Å². The second-order valence-electron chi connectivity index (χ2n) is 8.48. The van der Waals surface area contributed by atoms with Crippen LogP contribution in [0, 0.1) is 5.82 Å². The van der Waals surface area contributed by atoms with Gasteiger partial charge in [-0.05, 0) is 33.8 Å². The molecule has 11 heteroatoms. The van der Waals surface area contributed by atoms with Crippen LogP contribution < -0.4 is 10.6 Å². The summed E-state index contributed by atoms with van der Waals surface area (Å²) >= 11 is 12.6. The first kappa shape index (κ1) is 23.7. The minimum absolute atomic E-state index is 0.0367. The van der Waals surface area contributed by atoms with Gasteiger partial charge < -0.3 is 14.4 Å². The fourth-order valence-corrected chi connectivity index (χ4v) is 5.39. The van der Waals surface area contributed by atoms with Crippen LogP contribution in [0.1, 0.15) is 33.3 Å². The van der Waals surface area contributed by atoms with E-state index < -0.39 is 56.5 Å². The van der Waals surface area contributed by atoms with Gasteiger partial charge in [-0.15, -0.1) is 11.6 Å². The first-order valence-electron chi connectivity index (χ1n) is 9.18. The van der Waals surface area contributed by atoms with Gasteiger partial charge in [0.05, 0.1) is 33.5 Å². The second kappa shape index (κ2) is 7.58. The summed E-state index contributed by atoms with van der Waals surface area (Å²) in [6, 6.07) is 4.46. The maximum Gasteiger partial charge on any atom is 0.497 e. The van der Waals surface area contributed by atoms with Crippen LogP contribution in [0.15, 0.2) is 40.3 Å². The lowest BCUT2D eigenvalue weighted by molar-refractivity contribution is 0.00578. The van der Waals surface area contributed by atoms with Gasteiger partial charge in [-0.2, -0.15) is 0 Å². The average molecular weight is 478 g/mol. The number of benzene rings is 1. The van der Waals surface area contributed by atoms with Gasteiger partial charge in [0, 0.05) is 16.1 Å². The number of hydrogen-bond acceptors (Lipinski definition) is 5. The molecule has 1 saturated heterocycles. The summed E-state index contributed by atoms with van der Waals surface area (Å²) < 4.78 is 51.7. The third-order valence-electron chi connectivity index (χ3n) is 6.01. The smallest absolute Gasteiger partial charge is 0.399 e. The normalized spacial score (nSPS) is 28.3. The van der Waals surface area contributed by atoms with Crippen LogP contribution in [-0.4, -0.2) is 43.8 Å². The Bertz CT molecular complexity index is 1030. The standard InChI is InChI=1S/C19H23BCl2FNO5S/c1-17(2)18(3,4)29-20(28-17)13-7-5-6-12(15(13)23)19(10-25)9-11(21)8-14(16(19)22)30(24,26)27/h5-9,16,25H,10H2,1-4H3,(H2,24,26,27). The lowest BCUT2D eigenvalue weighted by Crippen LogP contribution is -2.46. The average Bonchev–Trinajstić information content (AvgIpc) is 2.83. The molecule has 1 heterocycles. The van der Waals surface area contributed by atoms with Gasteiger partial charge in [-0.3, -0.25) is 0 Å². The Labute approximate surface area is 186 Å². The van der Waals surface area contributed by atoms with Gasteiger partial charge in [-0.25, -0.2) is 17.9 Å². The molecule has 2 unspecified atom stereocenters. The van der Waals surface area contributed by atoms with Crippen LogP contribution in [0.5, 0.6) is 0 Å². The van der Waals surface area contributed by atoms with Crippen molar-refractivity contribution in [3.05, 3.63) is 51.7 Å². The molecule has 2 atom stereocenters. The minimum atomic E-state index is -4.25. The molecule has 0 saturated carbocycles. The van der Waals surface area contributed by atoms with Gasteiger partial charge >= 0.3 is 7.12 Å². The predicted molar refractivity (Wildman–Crippen MR) is 116 cm³/mol. The Kier molecular flexibility index (Phi) is 6.00. The molecule has 30 heavy (non-hydrogen) atoms. The Morgan fingerprint density at radius 3 is 2.30 bits per heavy atom. The zero-order chi connectivity index (χ0) is 22.7. The lowest BCUT2D eigenvalue weighted by atomic mass is 9.70. The van der Waals surface area contributed by atoms with Crippen molar-refractivity contribution in [1.29, 1.82) is 0 Å². The zero-order valence-electron chi connectivity index (χ0n) is 16.9. The van der Waals surface area contributed by atoms with Crippen LogP contribution in [-0.2, 0) is 24.7 Å². The van der Waals surface area contributed by atoms with Crippen molar-refractivity contribution < 1.29 is 27.2 Å². The molecule has 1 aliphatic heterocycles. The summed E-state index contributed by atoms with van der Waals surface area (Å²) in [5, 5.41) is 14.1. The van der Waals surface area contributed by atoms with Crippen molar-refractivity contribution in [1.82, 2.24) is 0 Å². The number of allylic oxidation sites excluding steroid dienone is 3. The highest BCUT2D eigenvalue weighted by molar-refractivity contribution is 7.93. The van der Waals surface area contributed by atoms with Crippen molar-refractivity contribution in [3.8, 4) is 0 Å². The first-order chi connectivity index (χ1) is 13.7. The van der Waals surface area contributed by atoms with Crippen molar-refractivity contribution in [2.24, 2.45) is 5.14 Å². The summed E-state index contributed by atoms with van der Waals surface area (Å²) in [4.78, 5) is -0.411. The fraction of sp³-hybridized carbons (Fsp3) is 0.474. The SMILES string of the molecule is CC1(C)OB(c2cccc(C3(CO)C=C(Cl)C=C(S(N)(=O)=O)C3Cl)c2F)OC1(C)C. The third-order valence-corrected chi connectivity index (χ3v) is 7.99. The van der Waals surface area contributed by atoms with Gasteiger partial charge in [-0.1, -0.05) is 35.9 Å². The summed E-state index contributed by atoms with van der Waals surface area (Å²) in [5.41, 5.74) is -3.01. The molecule has 3 N–H and O–H groups in total. The van der Waals surface area contributed by atoms with Crippen LogP contribution in [0.25, 0.3) is 0 Å². The van der Waals surface area contributed by atoms with Gasteiger partial charge in [0.15, 0.2) is 0 Å². The van der Waals surface area contributed by atoms with Crippen LogP contribution in [0.4, 0.5) is 4.39 Å². The van der Waals surface area contributed by atoms with E-state index in [0.717, 1.165) is 6.08 Å². The Hall–Kier alpha value is -0.935. The number of alkyl halides is 1. The molecule has 164 valence electrons. The van der Waals surface area contributed by atoms with E-state index in [1.807, 2.05) is 27.7 Å². The van der Waals surface area contributed by atoms with E-state index in [2.05, 4.69) is 0 Å². The Morgan fingerprint density at radius 2 is 1.80 bits per heavy atom. The van der Waals surface area contributed by atoms with Crippen molar-refractivity contribution in [2.75, 3.05) is 6.61 Å². The topological polar surface area (TPSA) is 98.9 Å². The number of sulfonamides is 1. The van der Waals surface area contributed by atoms with Crippen molar-refractivity contribution in [3.63, 3.8) is 0 Å². The summed E-state index contributed by atoms with van der Waals surface area (Å²) in [5.74, 6) is -0.743. The van der Waals surface area contributed by atoms with Crippen LogP contribution in [0.3, 0.4) is 0 Å². The maximum absolute atomic E-state index is 15.8. The highest BCUT2D eigenvalue weighted by Crippen LogP contribution is 2.44. The van der Waals surface area contributed by atoms with E-state index in [1.165, 1.54) is 18.2 Å². The molecular formula is C19H23BCl2FNO5S. The number of hydrogen-bond donors (Lipinski definition) is 2. The molecule has 1 aromatic carbocycles. The molecule has 1 aliphatic carbocycles. The van der Waals surface area contributed by atoms with E-state index >= 15 is 4.39 Å². The highest BCUT2D eigenvalue weighted by Gasteiger charge is 2.53. The number of aliphatic hydroxyl groups is 1. The van der Waals surface area contributed by atoms with E-state index in [4.69, 9.17) is 37.6 Å². The largest absolute Gasteiger partial charge is 0.497 e. The summed E-state index contributed by atoms with van der Waals surface area (Å²) in [6.45, 7) is 6.64. The Balaban J connectivity index is 2.15. The summed E-state index contributed by atoms with van der Waals surface area (Å²) in [6.07, 6.45) is 2.42. The van der Waals surface area contributed by atoms with Gasteiger partial charge in [0.1, 0.15) is 5.82 Å². The van der Waals surface area contributed by atoms with Crippen molar-refractivity contribution in [2.45, 2.75) is 49.7 Å². The highest BCUT2D eigenvalue weighted by atomic mass is 35.5. The van der Waals surface area contributed by atoms with Gasteiger partial charge in [0.2, 0.25) is 10.0 Å². The summed E-state index contributed by atoms with van der Waals surface area (Å²) in [7, 11) is -5.25. The van der Waals surface area contributed by atoms with E-state index in [-0.39, 0.29) is 16.1 Å². The van der Waals surface area contributed by atoms with Crippen molar-refractivity contribution >= 4 is 45.8 Å². The number of rotatable bonds is 4. The molecular weight excluding hydrogens is 455 g/mol. The van der Waals surface area contributed by atoms with Gasteiger partial charge in [0.25, 0.3) is 0 Å². The third kappa shape index (κ3) is 3.75. The number of nitrogens with two attached hydrogens (primary N) is 1. The van der Waals surface area contributed by atoms with E-state index in [9.17, 15) is 13.5 Å². The molecule has 3 rings (SSSR count). The molecule has 2 aliphatic rings. The predicted octanol–water partition coefficient (Wildman–Crippen LogP) is 2.27. The lowest BCUT2D eigenvalue weighted by Gasteiger charge is -2.37. The molecule has 0 aromatic heterocycles. The second-order valence-corrected chi connectivity index (χ2v) is 10.9. The van der Waals surface area contributed by atoms with E-state index in [0.29, 0.717) is 0 Å². The number of aliphatic hydroxyl groups excluding tert-OH is 1. The molecule has 0 spiro atoms. The van der Waals surface area contributed by atoms with E-state index in [1.54, 1.807) is 6.07 Å². The maximum atomic E-state index is 15.8. The zero-order valence-corrected chi connectivity index (χ0v) is 19.3. The molecule has 0 amide bonds. The first-order valence-corrected chi connectivity index (χ1v) is 11.5. The fourth-order valence-electron chi connectivity index (χ4n) is 3.54. The number of primary sulfonamides is 1. The molecule has 1 aromatic rings. The quantitative estimate of drug-likeness (QED) is 0.512. The molecule has 6 nitrogen and oxygen atoms in total. The number of halogens is 3. The molecule has 0 radical (unpaired) electrons. The minimum Gasteiger partial charge on any atom is -0.399 e. The Morgan fingerprint density at radius 1 is 1.23 bits per heavy atom. The van der Waals surface area contributed by atoms with Crippen LogP contribution in [0.2, 0.25) is 0 Å². The monoisotopic (exact) mass is 477 g/mol. The molecule has 1 fully saturated rings.